The molecule has 0 atom stereocenters. The lowest BCUT2D eigenvalue weighted by Gasteiger charge is -2.43. The molecule has 0 spiro atoms. The van der Waals surface area contributed by atoms with Crippen LogP contribution in [0.25, 0.3) is 0 Å². The lowest BCUT2D eigenvalue weighted by Crippen LogP contribution is -2.51. The summed E-state index contributed by atoms with van der Waals surface area (Å²) in [7, 11) is -3.81. The fourth-order valence-corrected chi connectivity index (χ4v) is 4.55. The molecule has 1 fully saturated rings. The number of piperidine rings is 1. The van der Waals surface area contributed by atoms with Crippen molar-refractivity contribution in [3.05, 3.63) is 42.2 Å². The van der Waals surface area contributed by atoms with Crippen LogP contribution in [-0.2, 0) is 20.4 Å². The molecule has 0 unspecified atom stereocenters. The smallest absolute Gasteiger partial charge is 0.274 e. The van der Waals surface area contributed by atoms with Gasteiger partial charge in [0.15, 0.2) is 17.2 Å². The number of rotatable bonds is 5. The van der Waals surface area contributed by atoms with Crippen LogP contribution in [0.1, 0.15) is 32.3 Å². The molecule has 2 aliphatic heterocycles. The number of hydrogen-bond acceptors (Lipinski definition) is 7. The van der Waals surface area contributed by atoms with Crippen LogP contribution in [0.5, 0.6) is 5.75 Å². The van der Waals surface area contributed by atoms with Crippen molar-refractivity contribution in [3.8, 4) is 5.75 Å². The molecule has 0 saturated carbocycles. The lowest BCUT2D eigenvalue weighted by atomic mass is 9.73. The fraction of sp³-hybridized carbons (Fsp3) is 0.450. The molecular formula is C20H26N6O4S. The molecular weight excluding hydrogens is 420 g/mol. The maximum absolute atomic E-state index is 12.2. The number of benzene rings is 1. The summed E-state index contributed by atoms with van der Waals surface area (Å²) in [5.41, 5.74) is -0.374. The SMILES string of the molecule is CC1(C)Oc2c(ncnc2N2CCC(CNS(N)(=O)=O)(c3ccccc3)CC2)NC1=O. The molecule has 2 aliphatic rings. The number of aromatic nitrogens is 2. The average molecular weight is 447 g/mol. The first-order valence-electron chi connectivity index (χ1n) is 10.0. The highest BCUT2D eigenvalue weighted by Crippen LogP contribution is 2.42. The third kappa shape index (κ3) is 4.34. The normalized spacial score (nSPS) is 19.8. The highest BCUT2D eigenvalue weighted by Gasteiger charge is 2.41. The van der Waals surface area contributed by atoms with Crippen molar-refractivity contribution in [2.24, 2.45) is 5.14 Å². The minimum absolute atomic E-state index is 0.213. The van der Waals surface area contributed by atoms with Crippen LogP contribution in [-0.4, -0.2) is 49.5 Å². The van der Waals surface area contributed by atoms with Crippen LogP contribution in [0, 0.1) is 0 Å². The summed E-state index contributed by atoms with van der Waals surface area (Å²) < 4.78 is 31.6. The Labute approximate surface area is 181 Å². The maximum Gasteiger partial charge on any atom is 0.274 e. The summed E-state index contributed by atoms with van der Waals surface area (Å²) in [5.74, 6) is 1.15. The first-order valence-corrected chi connectivity index (χ1v) is 11.6. The van der Waals surface area contributed by atoms with Crippen molar-refractivity contribution in [2.75, 3.05) is 29.9 Å². The summed E-state index contributed by atoms with van der Waals surface area (Å²) in [6, 6.07) is 9.84. The zero-order valence-electron chi connectivity index (χ0n) is 17.5. The summed E-state index contributed by atoms with van der Waals surface area (Å²) >= 11 is 0. The Morgan fingerprint density at radius 3 is 2.52 bits per heavy atom. The van der Waals surface area contributed by atoms with Crippen LogP contribution in [0.2, 0.25) is 0 Å². The van der Waals surface area contributed by atoms with Gasteiger partial charge in [-0.05, 0) is 32.3 Å². The molecule has 10 nitrogen and oxygen atoms in total. The van der Waals surface area contributed by atoms with Gasteiger partial charge in [0.2, 0.25) is 5.75 Å². The van der Waals surface area contributed by atoms with E-state index in [-0.39, 0.29) is 12.5 Å². The van der Waals surface area contributed by atoms with Gasteiger partial charge in [0.05, 0.1) is 0 Å². The highest BCUT2D eigenvalue weighted by molar-refractivity contribution is 7.87. The molecule has 11 heteroatoms. The van der Waals surface area contributed by atoms with Crippen molar-refractivity contribution in [1.29, 1.82) is 0 Å². The Morgan fingerprint density at radius 1 is 1.19 bits per heavy atom. The van der Waals surface area contributed by atoms with Gasteiger partial charge in [-0.15, -0.1) is 0 Å². The van der Waals surface area contributed by atoms with Crippen molar-refractivity contribution < 1.29 is 17.9 Å². The van der Waals surface area contributed by atoms with Gasteiger partial charge in [-0.2, -0.15) is 8.42 Å². The van der Waals surface area contributed by atoms with Crippen molar-refractivity contribution in [1.82, 2.24) is 14.7 Å². The van der Waals surface area contributed by atoms with E-state index in [0.717, 1.165) is 5.56 Å². The van der Waals surface area contributed by atoms with E-state index >= 15 is 0 Å². The van der Waals surface area contributed by atoms with E-state index < -0.39 is 21.2 Å². The zero-order valence-corrected chi connectivity index (χ0v) is 18.3. The molecule has 0 radical (unpaired) electrons. The van der Waals surface area contributed by atoms with E-state index in [1.165, 1.54) is 6.33 Å². The second-order valence-corrected chi connectivity index (χ2v) is 9.82. The van der Waals surface area contributed by atoms with E-state index in [2.05, 4.69) is 24.9 Å². The second-order valence-electron chi connectivity index (χ2n) is 8.44. The van der Waals surface area contributed by atoms with Crippen LogP contribution < -0.4 is 24.8 Å². The quantitative estimate of drug-likeness (QED) is 0.620. The van der Waals surface area contributed by atoms with Crippen molar-refractivity contribution in [2.45, 2.75) is 37.7 Å². The summed E-state index contributed by atoms with van der Waals surface area (Å²) in [6.07, 6.45) is 2.75. The molecule has 4 N–H and O–H groups in total. The van der Waals surface area contributed by atoms with Gasteiger partial charge < -0.3 is 15.0 Å². The molecule has 0 aliphatic carbocycles. The summed E-state index contributed by atoms with van der Waals surface area (Å²) in [5, 5.41) is 7.98. The van der Waals surface area contributed by atoms with Gasteiger partial charge in [-0.25, -0.2) is 19.8 Å². The maximum atomic E-state index is 12.2. The van der Waals surface area contributed by atoms with Gasteiger partial charge in [0.25, 0.3) is 16.1 Å². The standard InChI is InChI=1S/C20H26N6O4S/c1-19(2)18(27)25-16-15(30-19)17(23-13-22-16)26-10-8-20(9-11-26,12-24-31(21,28)29)14-6-4-3-5-7-14/h3-7,13,24H,8-12H2,1-2H3,(H2,21,28,29)(H,22,23,25,27). The van der Waals surface area contributed by atoms with Gasteiger partial charge in [0.1, 0.15) is 6.33 Å². The number of hydrogen-bond donors (Lipinski definition) is 3. The largest absolute Gasteiger partial charge is 0.470 e. The first kappa shape index (κ1) is 21.5. The molecule has 4 rings (SSSR count). The average Bonchev–Trinajstić information content (AvgIpc) is 2.73. The van der Waals surface area contributed by atoms with Gasteiger partial charge >= 0.3 is 0 Å². The Hall–Kier alpha value is -2.76. The van der Waals surface area contributed by atoms with Crippen molar-refractivity contribution in [3.63, 3.8) is 0 Å². The molecule has 1 aromatic heterocycles. The highest BCUT2D eigenvalue weighted by atomic mass is 32.2. The van der Waals surface area contributed by atoms with Crippen molar-refractivity contribution >= 4 is 27.8 Å². The second kappa shape index (κ2) is 7.74. The number of nitrogens with zero attached hydrogens (tertiary/aromatic N) is 3. The van der Waals surface area contributed by atoms with Crippen LogP contribution in [0.15, 0.2) is 36.7 Å². The summed E-state index contributed by atoms with van der Waals surface area (Å²) in [4.78, 5) is 22.8. The van der Waals surface area contributed by atoms with E-state index in [1.54, 1.807) is 13.8 Å². The number of amides is 1. The minimum atomic E-state index is -3.81. The van der Waals surface area contributed by atoms with Crippen LogP contribution in [0.3, 0.4) is 0 Å². The number of anilines is 2. The molecule has 1 amide bonds. The predicted octanol–water partition coefficient (Wildman–Crippen LogP) is 0.917. The lowest BCUT2D eigenvalue weighted by molar-refractivity contribution is -0.129. The number of fused-ring (bicyclic) bond motifs is 1. The van der Waals surface area contributed by atoms with E-state index in [0.29, 0.717) is 43.3 Å². The number of nitrogens with two attached hydrogens (primary N) is 1. The Balaban J connectivity index is 1.60. The van der Waals surface area contributed by atoms with Gasteiger partial charge in [0, 0.05) is 25.0 Å². The third-order valence-electron chi connectivity index (χ3n) is 5.94. The van der Waals surface area contributed by atoms with E-state index in [1.807, 2.05) is 30.3 Å². The number of carbonyl (C=O) groups is 1. The Morgan fingerprint density at radius 2 is 1.87 bits per heavy atom. The molecule has 31 heavy (non-hydrogen) atoms. The topological polar surface area (TPSA) is 140 Å². The molecule has 2 aromatic rings. The molecule has 1 aromatic carbocycles. The Bertz CT molecular complexity index is 1080. The summed E-state index contributed by atoms with van der Waals surface area (Å²) in [6.45, 7) is 4.82. The predicted molar refractivity (Wildman–Crippen MR) is 116 cm³/mol. The van der Waals surface area contributed by atoms with E-state index in [4.69, 9.17) is 9.88 Å². The third-order valence-corrected chi connectivity index (χ3v) is 6.49. The van der Waals surface area contributed by atoms with E-state index in [9.17, 15) is 13.2 Å². The minimum Gasteiger partial charge on any atom is -0.470 e. The molecule has 0 bridgehead atoms. The molecule has 1 saturated heterocycles. The number of ether oxygens (including phenoxy) is 1. The number of carbonyl (C=O) groups excluding carboxylic acids is 1. The van der Waals surface area contributed by atoms with Crippen LogP contribution >= 0.6 is 0 Å². The fourth-order valence-electron chi connectivity index (χ4n) is 4.08. The monoisotopic (exact) mass is 446 g/mol. The first-order chi connectivity index (χ1) is 14.6. The Kier molecular flexibility index (Phi) is 5.36. The number of nitrogens with one attached hydrogen (secondary N) is 2. The van der Waals surface area contributed by atoms with Gasteiger partial charge in [-0.1, -0.05) is 30.3 Å². The zero-order chi connectivity index (χ0) is 22.3. The molecule has 3 heterocycles. The molecule has 166 valence electrons. The van der Waals surface area contributed by atoms with Gasteiger partial charge in [-0.3, -0.25) is 4.79 Å². The van der Waals surface area contributed by atoms with Crippen LogP contribution in [0.4, 0.5) is 11.6 Å².